The number of benzene rings is 2. The minimum absolute atomic E-state index is 0.490. The van der Waals surface area contributed by atoms with Gasteiger partial charge in [0.1, 0.15) is 0 Å². The van der Waals surface area contributed by atoms with Gasteiger partial charge in [-0.1, -0.05) is 54.6 Å². The molecule has 27 heavy (non-hydrogen) atoms. The molecular formula is C23H28N2O2. The van der Waals surface area contributed by atoms with Gasteiger partial charge in [0.25, 0.3) is 0 Å². The summed E-state index contributed by atoms with van der Waals surface area (Å²) < 4.78 is 0. The molecule has 142 valence electrons. The lowest BCUT2D eigenvalue weighted by Gasteiger charge is -2.44. The molecule has 0 saturated carbocycles. The van der Waals surface area contributed by atoms with E-state index in [4.69, 9.17) is 5.11 Å². The number of nitrogens with zero attached hydrogens (tertiary/aromatic N) is 2. The van der Waals surface area contributed by atoms with E-state index in [2.05, 4.69) is 66.1 Å². The van der Waals surface area contributed by atoms with Crippen molar-refractivity contribution in [3.63, 3.8) is 0 Å². The van der Waals surface area contributed by atoms with Gasteiger partial charge in [0.05, 0.1) is 0 Å². The minimum Gasteiger partial charge on any atom is -0.478 e. The number of hydrogen-bond donors (Lipinski definition) is 1. The first kappa shape index (κ1) is 19.3. The summed E-state index contributed by atoms with van der Waals surface area (Å²) in [5.74, 6) is -0.921. The third-order valence-corrected chi connectivity index (χ3v) is 5.19. The standard InChI is InChI=1S/C23H28N2O2/c1-18-14-24(16-21-6-4-3-5-7-21)15-19(2)25(18)17-22-10-8-20(9-11-22)12-13-23(26)27/h3-13,18-19H,14-17H2,1-2H3,(H,26,27)/b13-12+/t18-,19+. The molecule has 1 N–H and O–H groups in total. The van der Waals surface area contributed by atoms with Gasteiger partial charge in [0.2, 0.25) is 0 Å². The highest BCUT2D eigenvalue weighted by Crippen LogP contribution is 2.21. The van der Waals surface area contributed by atoms with Gasteiger partial charge in [-0.25, -0.2) is 4.79 Å². The molecule has 2 aromatic carbocycles. The van der Waals surface area contributed by atoms with Gasteiger partial charge in [-0.3, -0.25) is 9.80 Å². The molecule has 0 aromatic heterocycles. The van der Waals surface area contributed by atoms with Gasteiger partial charge in [-0.05, 0) is 36.6 Å². The van der Waals surface area contributed by atoms with Crippen molar-refractivity contribution >= 4 is 12.0 Å². The van der Waals surface area contributed by atoms with Crippen LogP contribution in [-0.4, -0.2) is 46.0 Å². The Morgan fingerprint density at radius 3 is 2.15 bits per heavy atom. The van der Waals surface area contributed by atoms with E-state index < -0.39 is 5.97 Å². The molecule has 1 heterocycles. The fraction of sp³-hybridized carbons (Fsp3) is 0.348. The van der Waals surface area contributed by atoms with Crippen molar-refractivity contribution in [2.75, 3.05) is 13.1 Å². The molecule has 0 bridgehead atoms. The summed E-state index contributed by atoms with van der Waals surface area (Å²) in [5.41, 5.74) is 3.54. The van der Waals surface area contributed by atoms with Crippen LogP contribution in [-0.2, 0) is 17.9 Å². The monoisotopic (exact) mass is 364 g/mol. The second-order valence-corrected chi connectivity index (χ2v) is 7.46. The molecule has 1 saturated heterocycles. The minimum atomic E-state index is -0.921. The zero-order valence-electron chi connectivity index (χ0n) is 16.1. The molecule has 0 radical (unpaired) electrons. The first-order valence-electron chi connectivity index (χ1n) is 9.53. The van der Waals surface area contributed by atoms with Crippen molar-refractivity contribution in [2.45, 2.75) is 39.0 Å². The topological polar surface area (TPSA) is 43.8 Å². The van der Waals surface area contributed by atoms with Crippen molar-refractivity contribution < 1.29 is 9.90 Å². The molecule has 1 aliphatic heterocycles. The van der Waals surface area contributed by atoms with E-state index in [0.29, 0.717) is 12.1 Å². The van der Waals surface area contributed by atoms with Crippen molar-refractivity contribution in [3.05, 3.63) is 77.4 Å². The van der Waals surface area contributed by atoms with Crippen LogP contribution in [0.4, 0.5) is 0 Å². The SMILES string of the molecule is C[C@@H]1CN(Cc2ccccc2)C[C@H](C)N1Cc1ccc(/C=C/C(=O)O)cc1. The van der Waals surface area contributed by atoms with E-state index in [1.807, 2.05) is 12.1 Å². The van der Waals surface area contributed by atoms with Crippen LogP contribution in [0.15, 0.2) is 60.7 Å². The molecule has 2 atom stereocenters. The van der Waals surface area contributed by atoms with Crippen LogP contribution in [0.2, 0.25) is 0 Å². The Labute approximate surface area is 161 Å². The zero-order valence-corrected chi connectivity index (χ0v) is 16.1. The summed E-state index contributed by atoms with van der Waals surface area (Å²) in [4.78, 5) is 15.7. The van der Waals surface area contributed by atoms with Gasteiger partial charge in [0.15, 0.2) is 0 Å². The highest BCUT2D eigenvalue weighted by molar-refractivity contribution is 5.85. The highest BCUT2D eigenvalue weighted by atomic mass is 16.4. The van der Waals surface area contributed by atoms with Crippen LogP contribution in [0, 0.1) is 0 Å². The number of carbonyl (C=O) groups is 1. The number of piperazine rings is 1. The molecule has 3 rings (SSSR count). The first-order valence-corrected chi connectivity index (χ1v) is 9.53. The summed E-state index contributed by atoms with van der Waals surface area (Å²) in [6.45, 7) is 8.67. The largest absolute Gasteiger partial charge is 0.478 e. The number of carboxylic acid groups (broad SMARTS) is 1. The normalized spacial score (nSPS) is 21.6. The van der Waals surface area contributed by atoms with Crippen molar-refractivity contribution in [2.24, 2.45) is 0 Å². The fourth-order valence-corrected chi connectivity index (χ4v) is 3.86. The third kappa shape index (κ3) is 5.52. The number of rotatable bonds is 6. The van der Waals surface area contributed by atoms with E-state index in [-0.39, 0.29) is 0 Å². The average Bonchev–Trinajstić information content (AvgIpc) is 2.65. The second-order valence-electron chi connectivity index (χ2n) is 7.46. The molecule has 0 unspecified atom stereocenters. The Balaban J connectivity index is 1.58. The van der Waals surface area contributed by atoms with E-state index >= 15 is 0 Å². The summed E-state index contributed by atoms with van der Waals surface area (Å²) in [5, 5.41) is 8.72. The quantitative estimate of drug-likeness (QED) is 0.790. The maximum absolute atomic E-state index is 10.6. The summed E-state index contributed by atoms with van der Waals surface area (Å²) >= 11 is 0. The van der Waals surface area contributed by atoms with E-state index in [1.165, 1.54) is 17.2 Å². The van der Waals surface area contributed by atoms with Crippen molar-refractivity contribution in [1.82, 2.24) is 9.80 Å². The first-order chi connectivity index (χ1) is 13.0. The van der Waals surface area contributed by atoms with Gasteiger partial charge < -0.3 is 5.11 Å². The lowest BCUT2D eigenvalue weighted by molar-refractivity contribution is -0.131. The molecule has 0 spiro atoms. The molecule has 2 aromatic rings. The Bertz CT molecular complexity index is 759. The Morgan fingerprint density at radius 2 is 1.56 bits per heavy atom. The Kier molecular flexibility index (Phi) is 6.43. The van der Waals surface area contributed by atoms with Crippen LogP contribution in [0.25, 0.3) is 6.08 Å². The fourth-order valence-electron chi connectivity index (χ4n) is 3.86. The number of aliphatic carboxylic acids is 1. The third-order valence-electron chi connectivity index (χ3n) is 5.19. The molecule has 0 amide bonds. The van der Waals surface area contributed by atoms with Crippen LogP contribution in [0.1, 0.15) is 30.5 Å². The van der Waals surface area contributed by atoms with Gasteiger partial charge >= 0.3 is 5.97 Å². The van der Waals surface area contributed by atoms with E-state index in [0.717, 1.165) is 31.7 Å². The Hall–Kier alpha value is -2.43. The maximum atomic E-state index is 10.6. The highest BCUT2D eigenvalue weighted by Gasteiger charge is 2.29. The summed E-state index contributed by atoms with van der Waals surface area (Å²) in [6, 6.07) is 19.8. The van der Waals surface area contributed by atoms with Crippen LogP contribution >= 0.6 is 0 Å². The lowest BCUT2D eigenvalue weighted by Crippen LogP contribution is -2.55. The molecule has 1 fully saturated rings. The molecule has 1 aliphatic rings. The Morgan fingerprint density at radius 1 is 0.963 bits per heavy atom. The number of hydrogen-bond acceptors (Lipinski definition) is 3. The summed E-state index contributed by atoms with van der Waals surface area (Å²) in [6.07, 6.45) is 2.80. The van der Waals surface area contributed by atoms with Crippen LogP contribution < -0.4 is 0 Å². The maximum Gasteiger partial charge on any atom is 0.328 e. The number of carboxylic acids is 1. The molecule has 4 heteroatoms. The van der Waals surface area contributed by atoms with Crippen molar-refractivity contribution in [1.29, 1.82) is 0 Å². The smallest absolute Gasteiger partial charge is 0.328 e. The van der Waals surface area contributed by atoms with E-state index in [9.17, 15) is 4.79 Å². The van der Waals surface area contributed by atoms with Gasteiger partial charge in [-0.15, -0.1) is 0 Å². The predicted octanol–water partition coefficient (Wildman–Crippen LogP) is 3.88. The lowest BCUT2D eigenvalue weighted by atomic mass is 10.0. The van der Waals surface area contributed by atoms with E-state index in [1.54, 1.807) is 6.08 Å². The summed E-state index contributed by atoms with van der Waals surface area (Å²) in [7, 11) is 0. The average molecular weight is 364 g/mol. The second kappa shape index (κ2) is 8.98. The predicted molar refractivity (Wildman–Crippen MR) is 109 cm³/mol. The zero-order chi connectivity index (χ0) is 19.2. The molecule has 4 nitrogen and oxygen atoms in total. The van der Waals surface area contributed by atoms with Crippen molar-refractivity contribution in [3.8, 4) is 0 Å². The van der Waals surface area contributed by atoms with Gasteiger partial charge in [-0.2, -0.15) is 0 Å². The van der Waals surface area contributed by atoms with Crippen LogP contribution in [0.3, 0.4) is 0 Å². The van der Waals surface area contributed by atoms with Crippen LogP contribution in [0.5, 0.6) is 0 Å². The van der Waals surface area contributed by atoms with Gasteiger partial charge in [0, 0.05) is 44.3 Å². The molecular weight excluding hydrogens is 336 g/mol. The molecule has 0 aliphatic carbocycles.